The topological polar surface area (TPSA) is 63.2 Å². The van der Waals surface area contributed by atoms with Crippen LogP contribution in [0, 0.1) is 0 Å². The number of likely N-dealkylation sites (tertiary alicyclic amines) is 1. The number of hydrogen-bond acceptors (Lipinski definition) is 6. The molecule has 8 heteroatoms. The third kappa shape index (κ3) is 3.74. The molecule has 142 valence electrons. The van der Waals surface area contributed by atoms with E-state index in [0.717, 1.165) is 24.5 Å². The number of nitrogens with one attached hydrogen (secondary N) is 1. The molecule has 0 unspecified atom stereocenters. The van der Waals surface area contributed by atoms with Crippen molar-refractivity contribution < 1.29 is 4.74 Å². The van der Waals surface area contributed by atoms with Gasteiger partial charge in [0.1, 0.15) is 17.9 Å². The van der Waals surface area contributed by atoms with E-state index in [1.807, 2.05) is 18.2 Å². The van der Waals surface area contributed by atoms with Crippen LogP contribution in [0.5, 0.6) is 5.88 Å². The van der Waals surface area contributed by atoms with Crippen LogP contribution in [0.2, 0.25) is 10.0 Å². The summed E-state index contributed by atoms with van der Waals surface area (Å²) in [5.41, 5.74) is 2.96. The Labute approximate surface area is 172 Å². The predicted octanol–water partition coefficient (Wildman–Crippen LogP) is 4.84. The zero-order valence-corrected chi connectivity index (χ0v) is 16.4. The maximum Gasteiger partial charge on any atom is 0.214 e. The fourth-order valence-electron chi connectivity index (χ4n) is 2.84. The molecule has 0 aliphatic carbocycles. The maximum atomic E-state index is 6.09. The molecule has 0 saturated carbocycles. The van der Waals surface area contributed by atoms with E-state index in [1.165, 1.54) is 6.33 Å². The number of halogens is 2. The summed E-state index contributed by atoms with van der Waals surface area (Å²) in [5.74, 6) is 1.08. The van der Waals surface area contributed by atoms with Gasteiger partial charge >= 0.3 is 0 Å². The van der Waals surface area contributed by atoms with Crippen LogP contribution in [0.25, 0.3) is 11.0 Å². The van der Waals surface area contributed by atoms with E-state index in [9.17, 15) is 0 Å². The van der Waals surface area contributed by atoms with Gasteiger partial charge in [0.15, 0.2) is 5.82 Å². The van der Waals surface area contributed by atoms with Crippen LogP contribution in [-0.2, 0) is 0 Å². The highest BCUT2D eigenvalue weighted by Gasteiger charge is 2.28. The number of fused-ring (bicyclic) bond motifs is 1. The minimum absolute atomic E-state index is 0.0535. The molecule has 28 heavy (non-hydrogen) atoms. The fourth-order valence-corrected chi connectivity index (χ4v) is 3.14. The SMILES string of the molecule is C=CC(=C)N1CC(Oc2ccc3ncnc(Nc4ccc(Cl)c(Cl)c4)c3n2)C1. The fraction of sp³-hybridized carbons (Fsp3) is 0.150. The van der Waals surface area contributed by atoms with E-state index in [4.69, 9.17) is 27.9 Å². The highest BCUT2D eigenvalue weighted by atomic mass is 35.5. The Bertz CT molecular complexity index is 1070. The lowest BCUT2D eigenvalue weighted by atomic mass is 10.1. The number of ether oxygens (including phenoxy) is 1. The van der Waals surface area contributed by atoms with E-state index < -0.39 is 0 Å². The average molecular weight is 414 g/mol. The first kappa shape index (κ1) is 18.5. The second-order valence-corrected chi connectivity index (χ2v) is 7.15. The molecule has 1 aliphatic rings. The number of allylic oxidation sites excluding steroid dienone is 1. The van der Waals surface area contributed by atoms with Crippen molar-refractivity contribution in [1.29, 1.82) is 0 Å². The van der Waals surface area contributed by atoms with Crippen LogP contribution in [0.3, 0.4) is 0 Å². The Hall–Kier alpha value is -2.83. The Morgan fingerprint density at radius 2 is 2.00 bits per heavy atom. The molecular formula is C20H17Cl2N5O. The van der Waals surface area contributed by atoms with Gasteiger partial charge in [-0.05, 0) is 30.3 Å². The molecule has 0 radical (unpaired) electrons. The Morgan fingerprint density at radius 1 is 1.18 bits per heavy atom. The largest absolute Gasteiger partial charge is 0.471 e. The smallest absolute Gasteiger partial charge is 0.214 e. The van der Waals surface area contributed by atoms with Crippen LogP contribution in [-0.4, -0.2) is 39.0 Å². The lowest BCUT2D eigenvalue weighted by Gasteiger charge is -2.40. The van der Waals surface area contributed by atoms with Crippen molar-refractivity contribution in [2.75, 3.05) is 18.4 Å². The second kappa shape index (κ2) is 7.66. The first-order chi connectivity index (χ1) is 13.5. The van der Waals surface area contributed by atoms with Gasteiger partial charge in [-0.15, -0.1) is 0 Å². The van der Waals surface area contributed by atoms with E-state index in [-0.39, 0.29) is 6.10 Å². The normalized spacial score (nSPS) is 13.9. The number of aromatic nitrogens is 3. The molecule has 1 N–H and O–H groups in total. The zero-order valence-electron chi connectivity index (χ0n) is 14.9. The van der Waals surface area contributed by atoms with Crippen molar-refractivity contribution in [3.8, 4) is 5.88 Å². The van der Waals surface area contributed by atoms with Gasteiger partial charge in [-0.2, -0.15) is 0 Å². The van der Waals surface area contributed by atoms with Crippen LogP contribution >= 0.6 is 23.2 Å². The Kier molecular flexibility index (Phi) is 5.07. The average Bonchev–Trinajstić information content (AvgIpc) is 2.67. The zero-order chi connectivity index (χ0) is 19.7. The molecule has 1 aliphatic heterocycles. The molecule has 3 aromatic rings. The first-order valence-electron chi connectivity index (χ1n) is 8.60. The first-order valence-corrected chi connectivity index (χ1v) is 9.36. The van der Waals surface area contributed by atoms with Crippen molar-refractivity contribution in [3.63, 3.8) is 0 Å². The maximum absolute atomic E-state index is 6.09. The lowest BCUT2D eigenvalue weighted by molar-refractivity contribution is 0.0441. The molecule has 1 fully saturated rings. The highest BCUT2D eigenvalue weighted by molar-refractivity contribution is 6.42. The van der Waals surface area contributed by atoms with Crippen LogP contribution in [0.4, 0.5) is 11.5 Å². The summed E-state index contributed by atoms with van der Waals surface area (Å²) < 4.78 is 5.97. The molecule has 0 bridgehead atoms. The number of anilines is 2. The molecule has 0 spiro atoms. The Morgan fingerprint density at radius 3 is 2.75 bits per heavy atom. The van der Waals surface area contributed by atoms with Gasteiger partial charge in [0.2, 0.25) is 5.88 Å². The molecule has 0 atom stereocenters. The number of hydrogen-bond donors (Lipinski definition) is 1. The molecule has 2 aromatic heterocycles. The molecular weight excluding hydrogens is 397 g/mol. The van der Waals surface area contributed by atoms with Gasteiger partial charge in [0, 0.05) is 17.5 Å². The molecule has 0 amide bonds. The van der Waals surface area contributed by atoms with Gasteiger partial charge in [0.25, 0.3) is 0 Å². The third-order valence-electron chi connectivity index (χ3n) is 4.42. The highest BCUT2D eigenvalue weighted by Crippen LogP contribution is 2.29. The summed E-state index contributed by atoms with van der Waals surface area (Å²) in [6.07, 6.45) is 3.27. The van der Waals surface area contributed by atoms with Crippen molar-refractivity contribution >= 4 is 45.7 Å². The Balaban J connectivity index is 1.55. The second-order valence-electron chi connectivity index (χ2n) is 6.33. The minimum Gasteiger partial charge on any atom is -0.471 e. The van der Waals surface area contributed by atoms with Crippen molar-refractivity contribution in [1.82, 2.24) is 19.9 Å². The third-order valence-corrected chi connectivity index (χ3v) is 5.15. The van der Waals surface area contributed by atoms with Gasteiger partial charge < -0.3 is 15.0 Å². The van der Waals surface area contributed by atoms with Crippen molar-refractivity contribution in [3.05, 3.63) is 71.6 Å². The summed E-state index contributed by atoms with van der Waals surface area (Å²) in [5, 5.41) is 4.15. The van der Waals surface area contributed by atoms with Gasteiger partial charge in [-0.1, -0.05) is 36.4 Å². The predicted molar refractivity (Wildman–Crippen MR) is 112 cm³/mol. The minimum atomic E-state index is 0.0535. The van der Waals surface area contributed by atoms with Crippen LogP contribution < -0.4 is 10.1 Å². The van der Waals surface area contributed by atoms with Crippen LogP contribution in [0.1, 0.15) is 0 Å². The van der Waals surface area contributed by atoms with E-state index >= 15 is 0 Å². The number of rotatable bonds is 6. The quantitative estimate of drug-likeness (QED) is 0.583. The molecule has 6 nitrogen and oxygen atoms in total. The summed E-state index contributed by atoms with van der Waals surface area (Å²) >= 11 is 12.1. The van der Waals surface area contributed by atoms with Crippen molar-refractivity contribution in [2.24, 2.45) is 0 Å². The number of nitrogens with zero attached hydrogens (tertiary/aromatic N) is 4. The summed E-state index contributed by atoms with van der Waals surface area (Å²) in [6, 6.07) is 8.93. The van der Waals surface area contributed by atoms with E-state index in [0.29, 0.717) is 32.8 Å². The molecule has 4 rings (SSSR count). The number of pyridine rings is 1. The van der Waals surface area contributed by atoms with Crippen LogP contribution in [0.15, 0.2) is 61.6 Å². The molecule has 3 heterocycles. The van der Waals surface area contributed by atoms with E-state index in [1.54, 1.807) is 18.2 Å². The summed E-state index contributed by atoms with van der Waals surface area (Å²) in [7, 11) is 0. The van der Waals surface area contributed by atoms with Gasteiger partial charge in [-0.25, -0.2) is 15.0 Å². The standard InChI is InChI=1S/C20H17Cl2N5O/c1-3-12(2)27-9-14(10-27)28-18-7-6-17-19(26-18)20(24-11-23-17)25-13-4-5-15(21)16(22)8-13/h3-8,11,14H,1-2,9-10H2,(H,23,24,25). The lowest BCUT2D eigenvalue weighted by Crippen LogP contribution is -2.52. The molecule has 1 aromatic carbocycles. The monoisotopic (exact) mass is 413 g/mol. The van der Waals surface area contributed by atoms with Crippen molar-refractivity contribution in [2.45, 2.75) is 6.10 Å². The summed E-state index contributed by atoms with van der Waals surface area (Å²) in [6.45, 7) is 9.17. The van der Waals surface area contributed by atoms with E-state index in [2.05, 4.69) is 38.3 Å². The van der Waals surface area contributed by atoms with Gasteiger partial charge in [0.05, 0.1) is 28.7 Å². The summed E-state index contributed by atoms with van der Waals surface area (Å²) in [4.78, 5) is 15.3. The van der Waals surface area contributed by atoms with Gasteiger partial charge in [-0.3, -0.25) is 0 Å². The molecule has 1 saturated heterocycles. The number of benzene rings is 1.